The van der Waals surface area contributed by atoms with E-state index >= 15 is 0 Å². The molecule has 0 aliphatic heterocycles. The van der Waals surface area contributed by atoms with Crippen molar-refractivity contribution in [3.05, 3.63) is 35.4 Å². The van der Waals surface area contributed by atoms with Gasteiger partial charge in [-0.1, -0.05) is 12.1 Å². The molecule has 1 atom stereocenters. The molecular weight excluding hydrogens is 286 g/mol. The molecule has 1 rings (SSSR count). The topological polar surface area (TPSA) is 84.0 Å². The van der Waals surface area contributed by atoms with Crippen molar-refractivity contribution in [3.63, 3.8) is 0 Å². The molecule has 0 heterocycles. The van der Waals surface area contributed by atoms with E-state index in [1.54, 1.807) is 6.07 Å². The zero-order valence-corrected chi connectivity index (χ0v) is 12.3. The van der Waals surface area contributed by atoms with Crippen LogP contribution < -0.4 is 5.73 Å². The summed E-state index contributed by atoms with van der Waals surface area (Å²) in [6, 6.07) is 5.07. The number of sulfone groups is 1. The molecule has 110 valence electrons. The van der Waals surface area contributed by atoms with Crippen molar-refractivity contribution in [1.82, 2.24) is 0 Å². The highest BCUT2D eigenvalue weighted by molar-refractivity contribution is 7.93. The van der Waals surface area contributed by atoms with Crippen LogP contribution in [0, 0.1) is 23.0 Å². The van der Waals surface area contributed by atoms with E-state index in [0.29, 0.717) is 0 Å². The Hall–Kier alpha value is -1.52. The van der Waals surface area contributed by atoms with Gasteiger partial charge < -0.3 is 5.73 Å². The minimum atomic E-state index is -3.92. The maximum absolute atomic E-state index is 13.7. The third-order valence-electron chi connectivity index (χ3n) is 3.10. The summed E-state index contributed by atoms with van der Waals surface area (Å²) in [5, 5.41) is 8.89. The Morgan fingerprint density at radius 1 is 1.30 bits per heavy atom. The van der Waals surface area contributed by atoms with Crippen molar-refractivity contribution in [2.45, 2.75) is 31.1 Å². The smallest absolute Gasteiger partial charge is 0.170 e. The molecule has 0 bridgehead atoms. The van der Waals surface area contributed by atoms with Gasteiger partial charge in [-0.3, -0.25) is 0 Å². The van der Waals surface area contributed by atoms with E-state index < -0.39 is 37.5 Å². The first-order chi connectivity index (χ1) is 8.94. The van der Waals surface area contributed by atoms with Gasteiger partial charge >= 0.3 is 0 Å². The van der Waals surface area contributed by atoms with Gasteiger partial charge in [0.25, 0.3) is 0 Å². The first-order valence-corrected chi connectivity index (χ1v) is 7.47. The number of nitrogens with two attached hydrogens (primary N) is 1. The predicted octanol–water partition coefficient (Wildman–Crippen LogP) is 1.86. The molecule has 0 aliphatic rings. The van der Waals surface area contributed by atoms with Crippen molar-refractivity contribution >= 4 is 9.84 Å². The summed E-state index contributed by atoms with van der Waals surface area (Å²) >= 11 is 0. The lowest BCUT2D eigenvalue weighted by Crippen LogP contribution is -2.46. The quantitative estimate of drug-likeness (QED) is 0.920. The lowest BCUT2D eigenvalue weighted by molar-refractivity contribution is 0.450. The van der Waals surface area contributed by atoms with E-state index in [0.717, 1.165) is 6.07 Å². The standard InChI is InChI=1S/C13H16F2N2O2S/c1-12(2,7-16)20(18,19)8-13(3,17)9-5-4-6-10(14)11(9)15/h4-6H,8,17H2,1-3H3/t13-/m0/s1. The molecule has 0 radical (unpaired) electrons. The predicted molar refractivity (Wildman–Crippen MR) is 71.4 cm³/mol. The highest BCUT2D eigenvalue weighted by Gasteiger charge is 2.41. The fourth-order valence-electron chi connectivity index (χ4n) is 1.67. The van der Waals surface area contributed by atoms with Crippen LogP contribution in [0.4, 0.5) is 8.78 Å². The summed E-state index contributed by atoms with van der Waals surface area (Å²) in [6.07, 6.45) is 0. The maximum atomic E-state index is 13.7. The highest BCUT2D eigenvalue weighted by atomic mass is 32.2. The first-order valence-electron chi connectivity index (χ1n) is 5.81. The number of nitriles is 1. The Balaban J connectivity index is 3.27. The number of halogens is 2. The van der Waals surface area contributed by atoms with Crippen LogP contribution in [0.5, 0.6) is 0 Å². The molecule has 0 aliphatic carbocycles. The van der Waals surface area contributed by atoms with Gasteiger partial charge in [-0.05, 0) is 26.8 Å². The van der Waals surface area contributed by atoms with Gasteiger partial charge in [0.05, 0.1) is 17.4 Å². The molecule has 0 aromatic heterocycles. The van der Waals surface area contributed by atoms with Crippen LogP contribution in [-0.2, 0) is 15.4 Å². The molecule has 0 unspecified atom stereocenters. The minimum absolute atomic E-state index is 0.241. The van der Waals surface area contributed by atoms with Crippen LogP contribution in [0.1, 0.15) is 26.3 Å². The fourth-order valence-corrected chi connectivity index (χ4v) is 3.11. The molecule has 0 amide bonds. The van der Waals surface area contributed by atoms with Crippen LogP contribution in [0.15, 0.2) is 18.2 Å². The van der Waals surface area contributed by atoms with Crippen LogP contribution in [0.25, 0.3) is 0 Å². The fraction of sp³-hybridized carbons (Fsp3) is 0.462. The zero-order valence-electron chi connectivity index (χ0n) is 11.4. The molecule has 0 saturated heterocycles. The average Bonchev–Trinajstić information content (AvgIpc) is 2.30. The van der Waals surface area contributed by atoms with E-state index in [1.807, 2.05) is 0 Å². The largest absolute Gasteiger partial charge is 0.321 e. The van der Waals surface area contributed by atoms with E-state index in [9.17, 15) is 17.2 Å². The second-order valence-electron chi connectivity index (χ2n) is 5.40. The van der Waals surface area contributed by atoms with Gasteiger partial charge in [-0.2, -0.15) is 5.26 Å². The summed E-state index contributed by atoms with van der Waals surface area (Å²) in [5.74, 6) is -2.94. The van der Waals surface area contributed by atoms with Crippen molar-refractivity contribution < 1.29 is 17.2 Å². The molecule has 1 aromatic rings. The van der Waals surface area contributed by atoms with Crippen LogP contribution >= 0.6 is 0 Å². The Morgan fingerprint density at radius 3 is 2.35 bits per heavy atom. The zero-order chi connectivity index (χ0) is 15.8. The van der Waals surface area contributed by atoms with Crippen molar-refractivity contribution in [1.29, 1.82) is 5.26 Å². The highest BCUT2D eigenvalue weighted by Crippen LogP contribution is 2.28. The second-order valence-corrected chi connectivity index (χ2v) is 7.94. The van der Waals surface area contributed by atoms with Gasteiger partial charge in [-0.25, -0.2) is 17.2 Å². The van der Waals surface area contributed by atoms with Gasteiger partial charge in [0, 0.05) is 5.56 Å². The molecule has 4 nitrogen and oxygen atoms in total. The number of hydrogen-bond donors (Lipinski definition) is 1. The van der Waals surface area contributed by atoms with Gasteiger partial charge in [0.15, 0.2) is 26.2 Å². The Bertz CT molecular complexity index is 661. The summed E-state index contributed by atoms with van der Waals surface area (Å²) in [4.78, 5) is 0. The minimum Gasteiger partial charge on any atom is -0.321 e. The van der Waals surface area contributed by atoms with Crippen molar-refractivity contribution in [2.24, 2.45) is 5.73 Å². The molecule has 2 N–H and O–H groups in total. The Morgan fingerprint density at radius 2 is 1.85 bits per heavy atom. The number of benzene rings is 1. The normalized spacial score (nSPS) is 15.4. The van der Waals surface area contributed by atoms with Crippen LogP contribution in [0.2, 0.25) is 0 Å². The van der Waals surface area contributed by atoms with Crippen LogP contribution in [-0.4, -0.2) is 18.9 Å². The SMILES string of the molecule is CC(C)(C#N)S(=O)(=O)C[C@](C)(N)c1cccc(F)c1F. The van der Waals surface area contributed by atoms with Crippen molar-refractivity contribution in [3.8, 4) is 6.07 Å². The van der Waals surface area contributed by atoms with E-state index in [4.69, 9.17) is 11.0 Å². The summed E-state index contributed by atoms with van der Waals surface area (Å²) in [6.45, 7) is 3.76. The van der Waals surface area contributed by atoms with Gasteiger partial charge in [-0.15, -0.1) is 0 Å². The molecular formula is C13H16F2N2O2S. The van der Waals surface area contributed by atoms with E-state index in [1.165, 1.54) is 32.9 Å². The summed E-state index contributed by atoms with van der Waals surface area (Å²) in [5.41, 5.74) is 3.97. The number of nitrogens with zero attached hydrogens (tertiary/aromatic N) is 1. The Labute approximate surface area is 117 Å². The molecule has 1 aromatic carbocycles. The first kappa shape index (κ1) is 16.5. The van der Waals surface area contributed by atoms with Crippen LogP contribution in [0.3, 0.4) is 0 Å². The maximum Gasteiger partial charge on any atom is 0.170 e. The lowest BCUT2D eigenvalue weighted by Gasteiger charge is -2.28. The number of rotatable bonds is 4. The summed E-state index contributed by atoms with van der Waals surface area (Å²) in [7, 11) is -3.92. The second kappa shape index (κ2) is 5.11. The monoisotopic (exact) mass is 302 g/mol. The summed E-state index contributed by atoms with van der Waals surface area (Å²) < 4.78 is 49.6. The third-order valence-corrected chi connectivity index (χ3v) is 5.73. The van der Waals surface area contributed by atoms with Gasteiger partial charge in [0.2, 0.25) is 0 Å². The molecule has 20 heavy (non-hydrogen) atoms. The lowest BCUT2D eigenvalue weighted by atomic mass is 9.95. The third kappa shape index (κ3) is 2.97. The molecule has 0 saturated carbocycles. The molecule has 7 heteroatoms. The van der Waals surface area contributed by atoms with Crippen molar-refractivity contribution in [2.75, 3.05) is 5.75 Å². The Kier molecular flexibility index (Phi) is 4.22. The van der Waals surface area contributed by atoms with E-state index in [-0.39, 0.29) is 5.56 Å². The van der Waals surface area contributed by atoms with E-state index in [2.05, 4.69) is 0 Å². The number of hydrogen-bond acceptors (Lipinski definition) is 4. The average molecular weight is 302 g/mol. The molecule has 0 fully saturated rings. The molecule has 0 spiro atoms. The van der Waals surface area contributed by atoms with Gasteiger partial charge in [0.1, 0.15) is 0 Å².